The van der Waals surface area contributed by atoms with Crippen LogP contribution in [0.25, 0.3) is 0 Å². The second-order valence-corrected chi connectivity index (χ2v) is 19.2. The Bertz CT molecular complexity index is 1130. The zero-order valence-corrected chi connectivity index (χ0v) is 44.2. The van der Waals surface area contributed by atoms with E-state index in [1.54, 1.807) is 0 Å². The monoisotopic (exact) mass is 923 g/mol. The van der Waals surface area contributed by atoms with Crippen LogP contribution in [-0.4, -0.2) is 37.9 Å². The van der Waals surface area contributed by atoms with Crippen molar-refractivity contribution in [3.8, 4) is 0 Å². The average molecular weight is 924 g/mol. The molecule has 0 saturated heterocycles. The zero-order chi connectivity index (χ0) is 47.7. The summed E-state index contributed by atoms with van der Waals surface area (Å²) in [4.78, 5) is 25.5. The first kappa shape index (κ1) is 63.6. The van der Waals surface area contributed by atoms with Gasteiger partial charge < -0.3 is 14.2 Å². The van der Waals surface area contributed by atoms with E-state index in [2.05, 4.69) is 81.5 Å². The quantitative estimate of drug-likeness (QED) is 0.0346. The van der Waals surface area contributed by atoms with Gasteiger partial charge in [-0.3, -0.25) is 9.59 Å². The van der Waals surface area contributed by atoms with Crippen molar-refractivity contribution in [1.82, 2.24) is 0 Å². The molecule has 384 valence electrons. The Morgan fingerprint density at radius 2 is 0.682 bits per heavy atom. The van der Waals surface area contributed by atoms with Crippen molar-refractivity contribution in [2.75, 3.05) is 19.8 Å². The molecule has 0 saturated carbocycles. The van der Waals surface area contributed by atoms with Gasteiger partial charge in [-0.15, -0.1) is 0 Å². The van der Waals surface area contributed by atoms with Crippen LogP contribution in [0.15, 0.2) is 60.8 Å². The van der Waals surface area contributed by atoms with Crippen molar-refractivity contribution in [3.63, 3.8) is 0 Å². The number of unbranched alkanes of at least 4 members (excludes halogenated alkanes) is 32. The lowest BCUT2D eigenvalue weighted by Crippen LogP contribution is -2.30. The minimum absolute atomic E-state index is 0.0771. The van der Waals surface area contributed by atoms with Crippen LogP contribution in [0.1, 0.15) is 290 Å². The van der Waals surface area contributed by atoms with E-state index < -0.39 is 6.10 Å². The van der Waals surface area contributed by atoms with E-state index in [-0.39, 0.29) is 25.2 Å². The van der Waals surface area contributed by atoms with Crippen LogP contribution in [0, 0.1) is 0 Å². The molecule has 0 rings (SSSR count). The highest BCUT2D eigenvalue weighted by molar-refractivity contribution is 5.70. The molecule has 5 nitrogen and oxygen atoms in total. The maximum Gasteiger partial charge on any atom is 0.306 e. The summed E-state index contributed by atoms with van der Waals surface area (Å²) in [6.07, 6.45) is 72.4. The average Bonchev–Trinajstić information content (AvgIpc) is 3.32. The van der Waals surface area contributed by atoms with Gasteiger partial charge in [-0.25, -0.2) is 0 Å². The molecule has 5 heteroatoms. The summed E-state index contributed by atoms with van der Waals surface area (Å²) in [7, 11) is 0. The lowest BCUT2D eigenvalue weighted by atomic mass is 10.1. The molecule has 0 bridgehead atoms. The smallest absolute Gasteiger partial charge is 0.306 e. The van der Waals surface area contributed by atoms with E-state index in [0.29, 0.717) is 19.4 Å². The van der Waals surface area contributed by atoms with Gasteiger partial charge in [-0.2, -0.15) is 0 Å². The molecule has 0 aromatic rings. The van der Waals surface area contributed by atoms with Crippen LogP contribution >= 0.6 is 0 Å². The van der Waals surface area contributed by atoms with Gasteiger partial charge in [0.05, 0.1) is 6.61 Å². The van der Waals surface area contributed by atoms with E-state index in [9.17, 15) is 9.59 Å². The van der Waals surface area contributed by atoms with Crippen molar-refractivity contribution >= 4 is 11.9 Å². The van der Waals surface area contributed by atoms with Crippen molar-refractivity contribution < 1.29 is 23.8 Å². The number of rotatable bonds is 53. The Labute approximate surface area is 411 Å². The molecule has 0 amide bonds. The van der Waals surface area contributed by atoms with Gasteiger partial charge in [0.25, 0.3) is 0 Å². The van der Waals surface area contributed by atoms with E-state index >= 15 is 0 Å². The highest BCUT2D eigenvalue weighted by atomic mass is 16.6. The van der Waals surface area contributed by atoms with Gasteiger partial charge in [-0.05, 0) is 103 Å². The molecule has 0 aliphatic rings. The first-order valence-electron chi connectivity index (χ1n) is 28.8. The third kappa shape index (κ3) is 54.2. The number of carbonyl (C=O) groups is 2. The van der Waals surface area contributed by atoms with Gasteiger partial charge in [0.15, 0.2) is 6.10 Å². The van der Waals surface area contributed by atoms with Gasteiger partial charge >= 0.3 is 11.9 Å². The standard InChI is InChI=1S/C61H110O5/c1-4-7-10-13-16-19-22-25-27-29-30-31-33-35-38-41-44-47-50-53-56-64-57-59(66-61(63)55-52-49-46-43-40-36-24-21-18-15-12-9-6-3)58-65-60(62)54-51-48-45-42-39-37-34-32-28-26-23-20-17-14-11-8-5-2/h8,11,17,20-21,24-28,59H,4-7,9-10,12-16,18-19,22-23,29-58H2,1-3H3/b11-8-,20-17-,24-21-,27-25-,28-26-. The number of esters is 2. The summed E-state index contributed by atoms with van der Waals surface area (Å²) >= 11 is 0. The molecule has 66 heavy (non-hydrogen) atoms. The summed E-state index contributed by atoms with van der Waals surface area (Å²) in [6.45, 7) is 7.71. The number of hydrogen-bond donors (Lipinski definition) is 0. The van der Waals surface area contributed by atoms with Gasteiger partial charge in [0.1, 0.15) is 6.61 Å². The molecule has 0 spiro atoms. The Morgan fingerprint density at radius 1 is 0.348 bits per heavy atom. The topological polar surface area (TPSA) is 61.8 Å². The molecule has 1 unspecified atom stereocenters. The molecule has 1 atom stereocenters. The van der Waals surface area contributed by atoms with Crippen molar-refractivity contribution in [1.29, 1.82) is 0 Å². The van der Waals surface area contributed by atoms with Crippen LogP contribution in [-0.2, 0) is 23.8 Å². The van der Waals surface area contributed by atoms with Crippen LogP contribution in [0.2, 0.25) is 0 Å². The Balaban J connectivity index is 4.24. The van der Waals surface area contributed by atoms with Crippen molar-refractivity contribution in [2.24, 2.45) is 0 Å². The Morgan fingerprint density at radius 3 is 1.12 bits per heavy atom. The van der Waals surface area contributed by atoms with Crippen molar-refractivity contribution in [3.05, 3.63) is 60.8 Å². The third-order valence-electron chi connectivity index (χ3n) is 12.5. The predicted molar refractivity (Wildman–Crippen MR) is 288 cm³/mol. The van der Waals surface area contributed by atoms with Crippen molar-refractivity contribution in [2.45, 2.75) is 297 Å². The van der Waals surface area contributed by atoms with Crippen LogP contribution in [0.3, 0.4) is 0 Å². The lowest BCUT2D eigenvalue weighted by Gasteiger charge is -2.18. The Hall–Kier alpha value is -2.40. The highest BCUT2D eigenvalue weighted by Gasteiger charge is 2.17. The zero-order valence-electron chi connectivity index (χ0n) is 44.2. The molecule has 0 aromatic heterocycles. The van der Waals surface area contributed by atoms with E-state index in [1.807, 2.05) is 0 Å². The molecule has 0 aliphatic carbocycles. The summed E-state index contributed by atoms with van der Waals surface area (Å²) in [5.74, 6) is -0.409. The minimum Gasteiger partial charge on any atom is -0.462 e. The molecular weight excluding hydrogens is 813 g/mol. The second kappa shape index (κ2) is 56.9. The van der Waals surface area contributed by atoms with Crippen LogP contribution in [0.4, 0.5) is 0 Å². The van der Waals surface area contributed by atoms with Gasteiger partial charge in [0, 0.05) is 19.4 Å². The summed E-state index contributed by atoms with van der Waals surface area (Å²) in [6, 6.07) is 0. The molecule has 0 fully saturated rings. The molecular formula is C61H110O5. The summed E-state index contributed by atoms with van der Waals surface area (Å²) in [5, 5.41) is 0. The lowest BCUT2D eigenvalue weighted by molar-refractivity contribution is -0.163. The van der Waals surface area contributed by atoms with Crippen LogP contribution in [0.5, 0.6) is 0 Å². The predicted octanol–water partition coefficient (Wildman–Crippen LogP) is 19.7. The second-order valence-electron chi connectivity index (χ2n) is 19.2. The van der Waals surface area contributed by atoms with Gasteiger partial charge in [-0.1, -0.05) is 236 Å². The maximum atomic E-state index is 12.8. The number of hydrogen-bond acceptors (Lipinski definition) is 5. The Kier molecular flexibility index (Phi) is 54.9. The number of carbonyl (C=O) groups excluding carboxylic acids is 2. The molecule has 0 aliphatic heterocycles. The summed E-state index contributed by atoms with van der Waals surface area (Å²) < 4.78 is 17.5. The summed E-state index contributed by atoms with van der Waals surface area (Å²) in [5.41, 5.74) is 0. The molecule has 0 heterocycles. The van der Waals surface area contributed by atoms with E-state index in [0.717, 1.165) is 83.5 Å². The normalized spacial score (nSPS) is 12.6. The molecule has 0 aromatic carbocycles. The third-order valence-corrected chi connectivity index (χ3v) is 12.5. The minimum atomic E-state index is -0.546. The fourth-order valence-corrected chi connectivity index (χ4v) is 8.22. The first-order valence-corrected chi connectivity index (χ1v) is 28.8. The fourth-order valence-electron chi connectivity index (χ4n) is 8.22. The molecule has 0 radical (unpaired) electrons. The maximum absolute atomic E-state index is 12.8. The van der Waals surface area contributed by atoms with Crippen LogP contribution < -0.4 is 0 Å². The first-order chi connectivity index (χ1) is 32.6. The largest absolute Gasteiger partial charge is 0.462 e. The highest BCUT2D eigenvalue weighted by Crippen LogP contribution is 2.15. The SMILES string of the molecule is CC/C=C\C/C=C\C/C=C\CCCCCCCCCC(=O)OCC(COCCCCCCCCCCCC/C=C\CCCCCCCC)OC(=O)CCCCCCC/C=C\CCCCCC. The molecule has 0 N–H and O–H groups in total. The van der Waals surface area contributed by atoms with E-state index in [1.165, 1.54) is 173 Å². The fraction of sp³-hybridized carbons (Fsp3) is 0.803. The van der Waals surface area contributed by atoms with Gasteiger partial charge in [0.2, 0.25) is 0 Å². The number of ether oxygens (including phenoxy) is 3. The van der Waals surface area contributed by atoms with E-state index in [4.69, 9.17) is 14.2 Å². The number of allylic oxidation sites excluding steroid dienone is 10.